The number of carbonyl (C=O) groups is 1. The zero-order chi connectivity index (χ0) is 23.2. The lowest BCUT2D eigenvalue weighted by molar-refractivity contribution is 0.0693. The van der Waals surface area contributed by atoms with Crippen molar-refractivity contribution in [1.29, 1.82) is 0 Å². The summed E-state index contributed by atoms with van der Waals surface area (Å²) in [6, 6.07) is 10.2. The number of rotatable bonds is 5. The van der Waals surface area contributed by atoms with Gasteiger partial charge in [0.05, 0.1) is 39.6 Å². The largest absolute Gasteiger partial charge is 0.477 e. The average molecular weight is 473 g/mol. The molecule has 0 bridgehead atoms. The molecule has 32 heavy (non-hydrogen) atoms. The van der Waals surface area contributed by atoms with E-state index in [2.05, 4.69) is 4.98 Å². The highest BCUT2D eigenvalue weighted by Gasteiger charge is 2.19. The number of hydrogen-bond acceptors (Lipinski definition) is 4. The highest BCUT2D eigenvalue weighted by molar-refractivity contribution is 6.42. The number of hydrogen-bond donors (Lipinski definition) is 1. The van der Waals surface area contributed by atoms with E-state index in [9.17, 15) is 19.5 Å². The van der Waals surface area contributed by atoms with Crippen molar-refractivity contribution in [3.63, 3.8) is 0 Å². The van der Waals surface area contributed by atoms with E-state index in [0.717, 1.165) is 20.8 Å². The molecule has 0 aliphatic carbocycles. The van der Waals surface area contributed by atoms with Gasteiger partial charge in [-0.3, -0.25) is 13.9 Å². The maximum absolute atomic E-state index is 13.2. The van der Waals surface area contributed by atoms with E-state index < -0.39 is 22.8 Å². The second-order valence-electron chi connectivity index (χ2n) is 7.52. The monoisotopic (exact) mass is 472 g/mol. The standard InChI is InChI=1S/C22H18Cl2N4O4/c1-12(2)28-11-25-17-8-14(6-7-18(17)28)26-10-15(21(30)31)20(29)27(22(26)32)9-13-4-3-5-16(23)19(13)24/h3-8,10-12H,9H2,1-2H3,(H,30,31). The van der Waals surface area contributed by atoms with Gasteiger partial charge in [-0.2, -0.15) is 0 Å². The molecule has 0 aliphatic rings. The van der Waals surface area contributed by atoms with Crippen molar-refractivity contribution in [2.75, 3.05) is 0 Å². The third-order valence-electron chi connectivity index (χ3n) is 5.15. The molecular weight excluding hydrogens is 455 g/mol. The summed E-state index contributed by atoms with van der Waals surface area (Å²) in [6.07, 6.45) is 2.73. The highest BCUT2D eigenvalue weighted by Crippen LogP contribution is 2.26. The Bertz CT molecular complexity index is 1480. The number of benzene rings is 2. The lowest BCUT2D eigenvalue weighted by Crippen LogP contribution is -2.42. The van der Waals surface area contributed by atoms with Crippen LogP contribution in [0.3, 0.4) is 0 Å². The van der Waals surface area contributed by atoms with E-state index in [1.54, 1.807) is 42.7 Å². The molecule has 1 N–H and O–H groups in total. The average Bonchev–Trinajstić information content (AvgIpc) is 3.17. The van der Waals surface area contributed by atoms with Crippen LogP contribution < -0.4 is 11.2 Å². The van der Waals surface area contributed by atoms with Crippen LogP contribution in [0.4, 0.5) is 0 Å². The molecular formula is C22H18Cl2N4O4. The number of fused-ring (bicyclic) bond motifs is 1. The van der Waals surface area contributed by atoms with Crippen LogP contribution in [0.25, 0.3) is 16.7 Å². The molecule has 8 nitrogen and oxygen atoms in total. The molecule has 10 heteroatoms. The van der Waals surface area contributed by atoms with Crippen molar-refractivity contribution < 1.29 is 9.90 Å². The van der Waals surface area contributed by atoms with Gasteiger partial charge in [-0.1, -0.05) is 35.3 Å². The number of aromatic nitrogens is 4. The summed E-state index contributed by atoms with van der Waals surface area (Å²) in [5, 5.41) is 10.0. The number of imidazole rings is 1. The number of halogens is 2. The summed E-state index contributed by atoms with van der Waals surface area (Å²) >= 11 is 12.3. The van der Waals surface area contributed by atoms with Crippen LogP contribution in [0.5, 0.6) is 0 Å². The minimum Gasteiger partial charge on any atom is -0.477 e. The molecule has 2 aromatic carbocycles. The number of carboxylic acid groups (broad SMARTS) is 1. The second kappa shape index (κ2) is 8.29. The maximum Gasteiger partial charge on any atom is 0.342 e. The molecule has 0 atom stereocenters. The van der Waals surface area contributed by atoms with Gasteiger partial charge in [-0.05, 0) is 43.7 Å². The molecule has 0 fully saturated rings. The first-order chi connectivity index (χ1) is 15.2. The third kappa shape index (κ3) is 3.72. The Morgan fingerprint density at radius 3 is 2.59 bits per heavy atom. The fourth-order valence-corrected chi connectivity index (χ4v) is 3.88. The van der Waals surface area contributed by atoms with Crippen molar-refractivity contribution in [3.8, 4) is 5.69 Å². The summed E-state index contributed by atoms with van der Waals surface area (Å²) in [6.45, 7) is 3.81. The van der Waals surface area contributed by atoms with E-state index in [4.69, 9.17) is 23.2 Å². The normalized spacial score (nSPS) is 11.4. The minimum absolute atomic E-state index is 0.188. The SMILES string of the molecule is CC(C)n1cnc2cc(-n3cc(C(=O)O)c(=O)n(Cc4cccc(Cl)c4Cl)c3=O)ccc21. The van der Waals surface area contributed by atoms with Gasteiger partial charge in [0.2, 0.25) is 0 Å². The van der Waals surface area contributed by atoms with Crippen LogP contribution in [0, 0.1) is 0 Å². The molecule has 0 saturated heterocycles. The quantitative estimate of drug-likeness (QED) is 0.473. The van der Waals surface area contributed by atoms with E-state index in [-0.39, 0.29) is 22.6 Å². The Kier molecular flexibility index (Phi) is 5.66. The van der Waals surface area contributed by atoms with Crippen molar-refractivity contribution >= 4 is 40.2 Å². The van der Waals surface area contributed by atoms with Gasteiger partial charge in [-0.25, -0.2) is 14.6 Å². The van der Waals surface area contributed by atoms with Gasteiger partial charge >= 0.3 is 11.7 Å². The van der Waals surface area contributed by atoms with Crippen LogP contribution in [0.2, 0.25) is 10.0 Å². The van der Waals surface area contributed by atoms with Gasteiger partial charge < -0.3 is 9.67 Å². The molecule has 2 aromatic heterocycles. The molecule has 0 saturated carbocycles. The van der Waals surface area contributed by atoms with Gasteiger partial charge in [0.25, 0.3) is 5.56 Å². The third-order valence-corrected chi connectivity index (χ3v) is 6.01. The van der Waals surface area contributed by atoms with Gasteiger partial charge in [0.1, 0.15) is 5.56 Å². The first kappa shape index (κ1) is 21.9. The predicted octanol–water partition coefficient (Wildman–Crippen LogP) is 3.98. The highest BCUT2D eigenvalue weighted by atomic mass is 35.5. The van der Waals surface area contributed by atoms with E-state index in [1.807, 2.05) is 18.4 Å². The summed E-state index contributed by atoms with van der Waals surface area (Å²) in [4.78, 5) is 42.1. The Morgan fingerprint density at radius 1 is 1.16 bits per heavy atom. The van der Waals surface area contributed by atoms with Crippen molar-refractivity contribution in [3.05, 3.63) is 90.9 Å². The maximum atomic E-state index is 13.2. The smallest absolute Gasteiger partial charge is 0.342 e. The topological polar surface area (TPSA) is 99.1 Å². The van der Waals surface area contributed by atoms with Crippen LogP contribution in [-0.4, -0.2) is 29.8 Å². The Labute approximate surface area is 191 Å². The van der Waals surface area contributed by atoms with Crippen LogP contribution >= 0.6 is 23.2 Å². The molecule has 0 radical (unpaired) electrons. The number of nitrogens with zero attached hydrogens (tertiary/aromatic N) is 4. The van der Waals surface area contributed by atoms with Crippen molar-refractivity contribution in [2.24, 2.45) is 0 Å². The zero-order valence-corrected chi connectivity index (χ0v) is 18.6. The van der Waals surface area contributed by atoms with Crippen molar-refractivity contribution in [2.45, 2.75) is 26.4 Å². The summed E-state index contributed by atoms with van der Waals surface area (Å²) < 4.78 is 3.93. The van der Waals surface area contributed by atoms with E-state index in [1.165, 1.54) is 0 Å². The molecule has 164 valence electrons. The van der Waals surface area contributed by atoms with E-state index >= 15 is 0 Å². The van der Waals surface area contributed by atoms with E-state index in [0.29, 0.717) is 16.8 Å². The van der Waals surface area contributed by atoms with Gasteiger partial charge in [0.15, 0.2) is 0 Å². The number of carboxylic acids is 1. The number of aromatic carboxylic acids is 1. The minimum atomic E-state index is -1.44. The first-order valence-corrected chi connectivity index (χ1v) is 10.4. The molecule has 0 spiro atoms. The second-order valence-corrected chi connectivity index (χ2v) is 8.31. The predicted molar refractivity (Wildman–Crippen MR) is 122 cm³/mol. The Hall–Kier alpha value is -3.36. The van der Waals surface area contributed by atoms with Crippen LogP contribution in [0.1, 0.15) is 35.8 Å². The fraction of sp³-hybridized carbons (Fsp3) is 0.182. The lowest BCUT2D eigenvalue weighted by Gasteiger charge is -2.13. The molecule has 0 amide bonds. The first-order valence-electron chi connectivity index (χ1n) is 9.68. The zero-order valence-electron chi connectivity index (χ0n) is 17.1. The molecule has 0 unspecified atom stereocenters. The molecule has 2 heterocycles. The molecule has 4 rings (SSSR count). The Balaban J connectivity index is 1.92. The summed E-state index contributed by atoms with van der Waals surface area (Å²) in [5.41, 5.74) is 0.114. The van der Waals surface area contributed by atoms with Crippen LogP contribution in [-0.2, 0) is 6.54 Å². The van der Waals surface area contributed by atoms with Gasteiger partial charge in [0, 0.05) is 12.2 Å². The Morgan fingerprint density at radius 2 is 1.91 bits per heavy atom. The van der Waals surface area contributed by atoms with Gasteiger partial charge in [-0.15, -0.1) is 0 Å². The van der Waals surface area contributed by atoms with Crippen LogP contribution in [0.15, 0.2) is 58.5 Å². The lowest BCUT2D eigenvalue weighted by atomic mass is 10.2. The molecule has 0 aliphatic heterocycles. The fourth-order valence-electron chi connectivity index (χ4n) is 3.50. The summed E-state index contributed by atoms with van der Waals surface area (Å²) in [7, 11) is 0. The molecule has 4 aromatic rings. The van der Waals surface area contributed by atoms with Crippen molar-refractivity contribution in [1.82, 2.24) is 18.7 Å². The summed E-state index contributed by atoms with van der Waals surface area (Å²) in [5.74, 6) is -1.44.